The number of aliphatic hydroxyl groups excluding tert-OH is 1. The lowest BCUT2D eigenvalue weighted by Crippen LogP contribution is -2.53. The molecule has 2 saturated heterocycles. The van der Waals surface area contributed by atoms with Crippen molar-refractivity contribution in [2.75, 3.05) is 32.1 Å². The number of nitrogens with zero attached hydrogens (tertiary/aromatic N) is 1. The molecule has 0 radical (unpaired) electrons. The molecule has 0 aliphatic carbocycles. The summed E-state index contributed by atoms with van der Waals surface area (Å²) in [5.41, 5.74) is 0. The third-order valence-electron chi connectivity index (χ3n) is 3.43. The molecule has 0 aromatic heterocycles. The topological polar surface area (TPSA) is 76.1 Å². The van der Waals surface area contributed by atoms with E-state index in [1.54, 1.807) is 0 Å². The first-order chi connectivity index (χ1) is 8.53. The molecule has 0 aromatic rings. The molecular weight excluding hydrogens is 258 g/mol. The van der Waals surface area contributed by atoms with E-state index in [2.05, 4.69) is 0 Å². The summed E-state index contributed by atoms with van der Waals surface area (Å²) in [4.78, 5) is 0. The molecule has 2 fully saturated rings. The van der Waals surface area contributed by atoms with Gasteiger partial charge in [-0.25, -0.2) is 8.42 Å². The smallest absolute Gasteiger partial charge is 0.217 e. The van der Waals surface area contributed by atoms with E-state index in [-0.39, 0.29) is 31.1 Å². The number of hydrogen-bond acceptors (Lipinski definition) is 5. The maximum absolute atomic E-state index is 12.3. The Morgan fingerprint density at radius 3 is 2.72 bits per heavy atom. The molecule has 2 rings (SSSR count). The second-order valence-electron chi connectivity index (χ2n) is 4.97. The second kappa shape index (κ2) is 5.83. The lowest BCUT2D eigenvalue weighted by atomic mass is 10.2. The van der Waals surface area contributed by atoms with Gasteiger partial charge in [0.2, 0.25) is 10.0 Å². The van der Waals surface area contributed by atoms with Crippen LogP contribution in [-0.4, -0.2) is 68.2 Å². The Balaban J connectivity index is 2.02. The SMILES string of the molecule is CC1COC(CO)CN1S(=O)(=O)CC1CCCO1. The highest BCUT2D eigenvalue weighted by atomic mass is 32.2. The fourth-order valence-electron chi connectivity index (χ4n) is 2.40. The fraction of sp³-hybridized carbons (Fsp3) is 1.00. The number of hydrogen-bond donors (Lipinski definition) is 1. The molecular formula is C11H21NO5S. The standard InChI is InChI=1S/C11H21NO5S/c1-9-7-17-11(6-13)5-12(9)18(14,15)8-10-3-2-4-16-10/h9-11,13H,2-8H2,1H3. The van der Waals surface area contributed by atoms with Gasteiger partial charge in [-0.3, -0.25) is 0 Å². The van der Waals surface area contributed by atoms with E-state index in [1.807, 2.05) is 6.92 Å². The highest BCUT2D eigenvalue weighted by molar-refractivity contribution is 7.89. The molecule has 2 heterocycles. The molecule has 18 heavy (non-hydrogen) atoms. The van der Waals surface area contributed by atoms with Crippen LogP contribution in [0.5, 0.6) is 0 Å². The quantitative estimate of drug-likeness (QED) is 0.756. The molecule has 2 aliphatic rings. The molecule has 0 spiro atoms. The maximum atomic E-state index is 12.3. The monoisotopic (exact) mass is 279 g/mol. The average Bonchev–Trinajstić information content (AvgIpc) is 2.81. The summed E-state index contributed by atoms with van der Waals surface area (Å²) >= 11 is 0. The predicted octanol–water partition coefficient (Wildman–Crippen LogP) is -0.423. The molecule has 0 amide bonds. The normalized spacial score (nSPS) is 34.9. The molecule has 6 nitrogen and oxygen atoms in total. The molecule has 0 aromatic carbocycles. The predicted molar refractivity (Wildman–Crippen MR) is 65.8 cm³/mol. The molecule has 1 N–H and O–H groups in total. The van der Waals surface area contributed by atoms with Crippen LogP contribution in [0.2, 0.25) is 0 Å². The molecule has 3 atom stereocenters. The van der Waals surface area contributed by atoms with E-state index < -0.39 is 16.1 Å². The van der Waals surface area contributed by atoms with Crippen molar-refractivity contribution in [2.45, 2.75) is 38.0 Å². The van der Waals surface area contributed by atoms with Gasteiger partial charge in [-0.2, -0.15) is 4.31 Å². The van der Waals surface area contributed by atoms with Crippen molar-refractivity contribution in [2.24, 2.45) is 0 Å². The first-order valence-electron chi connectivity index (χ1n) is 6.36. The minimum Gasteiger partial charge on any atom is -0.394 e. The van der Waals surface area contributed by atoms with Crippen LogP contribution in [0.15, 0.2) is 0 Å². The van der Waals surface area contributed by atoms with Crippen LogP contribution in [0.25, 0.3) is 0 Å². The van der Waals surface area contributed by atoms with Gasteiger partial charge in [0.25, 0.3) is 0 Å². The lowest BCUT2D eigenvalue weighted by Gasteiger charge is -2.36. The zero-order valence-corrected chi connectivity index (χ0v) is 11.4. The van der Waals surface area contributed by atoms with Gasteiger partial charge in [-0.1, -0.05) is 0 Å². The van der Waals surface area contributed by atoms with Gasteiger partial charge < -0.3 is 14.6 Å². The van der Waals surface area contributed by atoms with E-state index in [4.69, 9.17) is 14.6 Å². The van der Waals surface area contributed by atoms with E-state index in [0.717, 1.165) is 12.8 Å². The Labute approximate surface area is 108 Å². The summed E-state index contributed by atoms with van der Waals surface area (Å²) in [5, 5.41) is 9.07. The van der Waals surface area contributed by atoms with Gasteiger partial charge in [0.15, 0.2) is 0 Å². The van der Waals surface area contributed by atoms with Crippen molar-refractivity contribution in [1.82, 2.24) is 4.31 Å². The summed E-state index contributed by atoms with van der Waals surface area (Å²) in [6.45, 7) is 2.88. The number of rotatable bonds is 4. The fourth-order valence-corrected chi connectivity index (χ4v) is 4.32. The molecule has 106 valence electrons. The summed E-state index contributed by atoms with van der Waals surface area (Å²) in [7, 11) is -3.34. The Kier molecular flexibility index (Phi) is 4.60. The van der Waals surface area contributed by atoms with E-state index >= 15 is 0 Å². The Morgan fingerprint density at radius 1 is 1.33 bits per heavy atom. The zero-order chi connectivity index (χ0) is 13.2. The van der Waals surface area contributed by atoms with Crippen molar-refractivity contribution >= 4 is 10.0 Å². The second-order valence-corrected chi connectivity index (χ2v) is 6.94. The zero-order valence-electron chi connectivity index (χ0n) is 10.6. The van der Waals surface area contributed by atoms with Gasteiger partial charge in [0, 0.05) is 19.2 Å². The number of sulfonamides is 1. The molecule has 7 heteroatoms. The summed E-state index contributed by atoms with van der Waals surface area (Å²) in [5.74, 6) is 0.0372. The van der Waals surface area contributed by atoms with Crippen LogP contribution in [0.1, 0.15) is 19.8 Å². The lowest BCUT2D eigenvalue weighted by molar-refractivity contribution is -0.0518. The molecule has 3 unspecified atom stereocenters. The highest BCUT2D eigenvalue weighted by Crippen LogP contribution is 2.20. The van der Waals surface area contributed by atoms with E-state index in [0.29, 0.717) is 13.2 Å². The van der Waals surface area contributed by atoms with Gasteiger partial charge >= 0.3 is 0 Å². The van der Waals surface area contributed by atoms with Gasteiger partial charge in [0.1, 0.15) is 0 Å². The Hall–Kier alpha value is -0.210. The molecule has 0 saturated carbocycles. The minimum atomic E-state index is -3.34. The first kappa shape index (κ1) is 14.2. The van der Waals surface area contributed by atoms with Crippen LogP contribution >= 0.6 is 0 Å². The summed E-state index contributed by atoms with van der Waals surface area (Å²) in [6, 6.07) is -0.181. The summed E-state index contributed by atoms with van der Waals surface area (Å²) in [6.07, 6.45) is 1.14. The van der Waals surface area contributed by atoms with Crippen molar-refractivity contribution < 1.29 is 23.0 Å². The van der Waals surface area contributed by atoms with Crippen LogP contribution in [-0.2, 0) is 19.5 Å². The Morgan fingerprint density at radius 2 is 2.11 bits per heavy atom. The van der Waals surface area contributed by atoms with Gasteiger partial charge in [0.05, 0.1) is 31.2 Å². The first-order valence-corrected chi connectivity index (χ1v) is 7.97. The molecule has 2 aliphatic heterocycles. The summed E-state index contributed by atoms with van der Waals surface area (Å²) < 4.78 is 36.8. The average molecular weight is 279 g/mol. The number of morpholine rings is 1. The minimum absolute atomic E-state index is 0.0372. The van der Waals surface area contributed by atoms with Gasteiger partial charge in [-0.05, 0) is 19.8 Å². The van der Waals surface area contributed by atoms with Crippen molar-refractivity contribution in [3.8, 4) is 0 Å². The van der Waals surface area contributed by atoms with Crippen molar-refractivity contribution in [3.05, 3.63) is 0 Å². The van der Waals surface area contributed by atoms with Crippen LogP contribution in [0.3, 0.4) is 0 Å². The molecule has 0 bridgehead atoms. The third kappa shape index (κ3) is 3.21. The van der Waals surface area contributed by atoms with E-state index in [9.17, 15) is 8.42 Å². The largest absolute Gasteiger partial charge is 0.394 e. The third-order valence-corrected chi connectivity index (χ3v) is 5.45. The van der Waals surface area contributed by atoms with Crippen LogP contribution < -0.4 is 0 Å². The van der Waals surface area contributed by atoms with Crippen molar-refractivity contribution in [1.29, 1.82) is 0 Å². The van der Waals surface area contributed by atoms with Crippen LogP contribution in [0, 0.1) is 0 Å². The maximum Gasteiger partial charge on any atom is 0.217 e. The highest BCUT2D eigenvalue weighted by Gasteiger charge is 2.36. The van der Waals surface area contributed by atoms with Crippen molar-refractivity contribution in [3.63, 3.8) is 0 Å². The van der Waals surface area contributed by atoms with E-state index in [1.165, 1.54) is 4.31 Å². The van der Waals surface area contributed by atoms with Gasteiger partial charge in [-0.15, -0.1) is 0 Å². The Bertz CT molecular complexity index is 366. The number of ether oxygens (including phenoxy) is 2. The number of aliphatic hydroxyl groups is 1. The van der Waals surface area contributed by atoms with Crippen LogP contribution in [0.4, 0.5) is 0 Å².